The maximum atomic E-state index is 12.6. The van der Waals surface area contributed by atoms with Crippen LogP contribution in [0.3, 0.4) is 0 Å². The molecule has 0 spiro atoms. The van der Waals surface area contributed by atoms with Crippen LogP contribution in [-0.2, 0) is 6.54 Å². The number of hydrogen-bond donors (Lipinski definition) is 1. The molecule has 1 amide bonds. The number of nitrogens with two attached hydrogens (primary N) is 1. The largest absolute Gasteiger partial charge is 0.369 e. The number of carbonyl (C=O) groups is 1. The van der Waals surface area contributed by atoms with Gasteiger partial charge in [-0.2, -0.15) is 5.26 Å². The fourth-order valence-electron chi connectivity index (χ4n) is 3.20. The van der Waals surface area contributed by atoms with E-state index in [1.165, 1.54) is 4.40 Å². The molecule has 0 bridgehead atoms. The average Bonchev–Trinajstić information content (AvgIpc) is 3.11. The zero-order chi connectivity index (χ0) is 18.4. The second kappa shape index (κ2) is 5.60. The first kappa shape index (κ1) is 15.7. The number of nitrogens with zero attached hydrogens (tertiary/aromatic N) is 5. The van der Waals surface area contributed by atoms with E-state index in [0.717, 1.165) is 21.5 Å². The molecule has 26 heavy (non-hydrogen) atoms. The number of fused-ring (bicyclic) bond motifs is 2. The molecule has 0 fully saturated rings. The molecule has 1 aliphatic rings. The molecule has 8 nitrogen and oxygen atoms in total. The second-order valence-electron chi connectivity index (χ2n) is 6.08. The van der Waals surface area contributed by atoms with Crippen LogP contribution in [0.4, 0.5) is 0 Å². The van der Waals surface area contributed by atoms with Crippen LogP contribution in [0.25, 0.3) is 16.8 Å². The van der Waals surface area contributed by atoms with E-state index in [1.54, 1.807) is 29.3 Å². The first-order valence-electron chi connectivity index (χ1n) is 7.85. The fraction of sp³-hybridized carbons (Fsp3) is 0.111. The van der Waals surface area contributed by atoms with Crippen molar-refractivity contribution in [1.29, 1.82) is 5.26 Å². The predicted molar refractivity (Wildman–Crippen MR) is 94.5 cm³/mol. The molecular formula is C18H14N6O2. The maximum Gasteiger partial charge on any atom is 0.369 e. The van der Waals surface area contributed by atoms with Gasteiger partial charge in [0.1, 0.15) is 0 Å². The highest BCUT2D eigenvalue weighted by Gasteiger charge is 2.29. The zero-order valence-electron chi connectivity index (χ0n) is 13.7. The third-order valence-electron chi connectivity index (χ3n) is 4.43. The van der Waals surface area contributed by atoms with Gasteiger partial charge in [0.25, 0.3) is 5.91 Å². The Morgan fingerprint density at radius 2 is 2.04 bits per heavy atom. The van der Waals surface area contributed by atoms with Crippen molar-refractivity contribution in [2.45, 2.75) is 6.54 Å². The lowest BCUT2D eigenvalue weighted by molar-refractivity contribution is 0.0794. The van der Waals surface area contributed by atoms with Crippen LogP contribution in [0.2, 0.25) is 0 Å². The Hall–Kier alpha value is -3.86. The number of nitrogen functional groups attached to an aromatic ring is 1. The molecule has 0 radical (unpaired) electrons. The van der Waals surface area contributed by atoms with Gasteiger partial charge in [0.05, 0.1) is 12.6 Å². The molecule has 0 unspecified atom stereocenters. The van der Waals surface area contributed by atoms with E-state index in [0.29, 0.717) is 23.3 Å². The van der Waals surface area contributed by atoms with Gasteiger partial charge in [-0.15, -0.1) is 9.89 Å². The SMILES string of the molecule is C=C(C#N)CN1Cc2c(cccc2-c2ccc3nn(N)c(=O)n3c2)C1=O. The van der Waals surface area contributed by atoms with Gasteiger partial charge in [-0.05, 0) is 34.9 Å². The van der Waals surface area contributed by atoms with Crippen molar-refractivity contribution in [1.82, 2.24) is 19.2 Å². The van der Waals surface area contributed by atoms with E-state index < -0.39 is 5.69 Å². The minimum absolute atomic E-state index is 0.133. The number of carbonyl (C=O) groups excluding carboxylic acids is 1. The zero-order valence-corrected chi connectivity index (χ0v) is 13.7. The van der Waals surface area contributed by atoms with Gasteiger partial charge in [0.15, 0.2) is 5.65 Å². The third-order valence-corrected chi connectivity index (χ3v) is 4.43. The Kier molecular flexibility index (Phi) is 3.37. The summed E-state index contributed by atoms with van der Waals surface area (Å²) in [6, 6.07) is 11.0. The second-order valence-corrected chi connectivity index (χ2v) is 6.08. The number of hydrogen-bond acceptors (Lipinski definition) is 5. The first-order chi connectivity index (χ1) is 12.5. The van der Waals surface area contributed by atoms with E-state index in [2.05, 4.69) is 11.7 Å². The quantitative estimate of drug-likeness (QED) is 0.560. The molecule has 3 heterocycles. The summed E-state index contributed by atoms with van der Waals surface area (Å²) < 4.78 is 1.36. The number of aromatic nitrogens is 3. The standard InChI is InChI=1S/C18H14N6O2/c1-11(7-19)8-22-10-15-13(3-2-4-14(15)17(22)25)12-5-6-16-21-24(20)18(26)23(16)9-12/h2-6,9H,1,8,10,20H2. The van der Waals surface area contributed by atoms with Gasteiger partial charge in [0.2, 0.25) is 0 Å². The summed E-state index contributed by atoms with van der Waals surface area (Å²) in [6.07, 6.45) is 1.66. The van der Waals surface area contributed by atoms with Crippen LogP contribution >= 0.6 is 0 Å². The van der Waals surface area contributed by atoms with Crippen molar-refractivity contribution in [3.05, 3.63) is 70.3 Å². The summed E-state index contributed by atoms with van der Waals surface area (Å²) in [5.41, 5.74) is 3.40. The predicted octanol–water partition coefficient (Wildman–Crippen LogP) is 0.912. The Bertz CT molecular complexity index is 1180. The van der Waals surface area contributed by atoms with Crippen molar-refractivity contribution in [3.63, 3.8) is 0 Å². The van der Waals surface area contributed by atoms with Crippen LogP contribution in [0.15, 0.2) is 53.5 Å². The number of pyridine rings is 1. The van der Waals surface area contributed by atoms with Gasteiger partial charge in [-0.25, -0.2) is 9.20 Å². The van der Waals surface area contributed by atoms with Gasteiger partial charge in [-0.3, -0.25) is 4.79 Å². The number of nitriles is 1. The first-order valence-corrected chi connectivity index (χ1v) is 7.85. The average molecular weight is 346 g/mol. The van der Waals surface area contributed by atoms with Gasteiger partial charge in [-0.1, -0.05) is 18.7 Å². The van der Waals surface area contributed by atoms with E-state index in [1.807, 2.05) is 18.2 Å². The minimum atomic E-state index is -0.447. The van der Waals surface area contributed by atoms with E-state index in [4.69, 9.17) is 11.1 Å². The van der Waals surface area contributed by atoms with Crippen LogP contribution < -0.4 is 11.5 Å². The van der Waals surface area contributed by atoms with Crippen LogP contribution in [0, 0.1) is 11.3 Å². The normalized spacial score (nSPS) is 13.0. The molecule has 0 aliphatic carbocycles. The number of rotatable bonds is 3. The van der Waals surface area contributed by atoms with E-state index in [9.17, 15) is 9.59 Å². The Morgan fingerprint density at radius 3 is 2.81 bits per heavy atom. The van der Waals surface area contributed by atoms with Crippen molar-refractivity contribution in [2.24, 2.45) is 0 Å². The van der Waals surface area contributed by atoms with Crippen molar-refractivity contribution in [2.75, 3.05) is 12.4 Å². The summed E-state index contributed by atoms with van der Waals surface area (Å²) in [5, 5.41) is 12.8. The van der Waals surface area contributed by atoms with Crippen LogP contribution in [0.1, 0.15) is 15.9 Å². The van der Waals surface area contributed by atoms with E-state index in [-0.39, 0.29) is 12.5 Å². The molecule has 0 saturated carbocycles. The van der Waals surface area contributed by atoms with E-state index >= 15 is 0 Å². The summed E-state index contributed by atoms with van der Waals surface area (Å²) in [6.45, 7) is 4.23. The molecule has 0 atom stereocenters. The summed E-state index contributed by atoms with van der Waals surface area (Å²) in [7, 11) is 0. The molecule has 3 aromatic rings. The molecule has 4 rings (SSSR count). The van der Waals surface area contributed by atoms with Gasteiger partial charge < -0.3 is 10.7 Å². The number of amides is 1. The molecule has 8 heteroatoms. The summed E-state index contributed by atoms with van der Waals surface area (Å²) >= 11 is 0. The molecule has 2 aromatic heterocycles. The fourth-order valence-corrected chi connectivity index (χ4v) is 3.20. The summed E-state index contributed by atoms with van der Waals surface area (Å²) in [5.74, 6) is 5.38. The number of benzene rings is 1. The summed E-state index contributed by atoms with van der Waals surface area (Å²) in [4.78, 5) is 27.0. The lowest BCUT2D eigenvalue weighted by Gasteiger charge is -2.14. The monoisotopic (exact) mass is 346 g/mol. The van der Waals surface area contributed by atoms with Gasteiger partial charge >= 0.3 is 5.69 Å². The lowest BCUT2D eigenvalue weighted by Crippen LogP contribution is -2.27. The Balaban J connectivity index is 1.81. The Morgan fingerprint density at radius 1 is 1.27 bits per heavy atom. The molecule has 128 valence electrons. The molecule has 1 aromatic carbocycles. The highest BCUT2D eigenvalue weighted by molar-refractivity contribution is 6.00. The highest BCUT2D eigenvalue weighted by atomic mass is 16.2. The van der Waals surface area contributed by atoms with Crippen molar-refractivity contribution >= 4 is 11.6 Å². The smallest absolute Gasteiger partial charge is 0.329 e. The van der Waals surface area contributed by atoms with Crippen LogP contribution in [0.5, 0.6) is 0 Å². The Labute approximate surface area is 148 Å². The molecule has 0 saturated heterocycles. The van der Waals surface area contributed by atoms with Crippen molar-refractivity contribution < 1.29 is 4.79 Å². The maximum absolute atomic E-state index is 12.6. The minimum Gasteiger partial charge on any atom is -0.329 e. The molecular weight excluding hydrogens is 332 g/mol. The lowest BCUT2D eigenvalue weighted by atomic mass is 9.98. The topological polar surface area (TPSA) is 109 Å². The molecule has 1 aliphatic heterocycles. The highest BCUT2D eigenvalue weighted by Crippen LogP contribution is 2.32. The van der Waals surface area contributed by atoms with Gasteiger partial charge in [0, 0.05) is 23.9 Å². The van der Waals surface area contributed by atoms with Crippen LogP contribution in [-0.4, -0.2) is 31.6 Å². The molecule has 2 N–H and O–H groups in total. The third kappa shape index (κ3) is 2.26. The van der Waals surface area contributed by atoms with Crippen molar-refractivity contribution in [3.8, 4) is 17.2 Å².